The van der Waals surface area contributed by atoms with E-state index in [1.165, 1.54) is 5.56 Å². The van der Waals surface area contributed by atoms with Crippen molar-refractivity contribution in [1.82, 2.24) is 4.98 Å². The minimum atomic E-state index is 0. The van der Waals surface area contributed by atoms with Gasteiger partial charge >= 0.3 is 0 Å². The van der Waals surface area contributed by atoms with E-state index in [0.29, 0.717) is 6.54 Å². The van der Waals surface area contributed by atoms with E-state index in [1.54, 1.807) is 6.20 Å². The highest BCUT2D eigenvalue weighted by Crippen LogP contribution is 2.14. The first-order valence-corrected chi connectivity index (χ1v) is 3.84. The van der Waals surface area contributed by atoms with E-state index in [0.717, 1.165) is 10.2 Å². The predicted octanol–water partition coefficient (Wildman–Crippen LogP) is 2.03. The largest absolute Gasteiger partial charge is 0.325 e. The van der Waals surface area contributed by atoms with Gasteiger partial charge in [0, 0.05) is 17.2 Å². The molecule has 4 heteroatoms. The van der Waals surface area contributed by atoms with Crippen LogP contribution in [0.25, 0.3) is 0 Å². The predicted molar refractivity (Wildman–Crippen MR) is 51.8 cm³/mol. The molecule has 1 rings (SSSR count). The van der Waals surface area contributed by atoms with Crippen LogP contribution in [0, 0.1) is 6.92 Å². The highest BCUT2D eigenvalue weighted by Gasteiger charge is 1.95. The monoisotopic (exact) mass is 236 g/mol. The summed E-state index contributed by atoms with van der Waals surface area (Å²) in [5, 5.41) is 0. The van der Waals surface area contributed by atoms with Crippen LogP contribution in [0.1, 0.15) is 11.3 Å². The van der Waals surface area contributed by atoms with Gasteiger partial charge in [-0.05, 0) is 34.5 Å². The Balaban J connectivity index is 0.000001000. The SMILES string of the molecule is Cc1cc(CN)ncc1Br.Cl. The molecule has 0 amide bonds. The van der Waals surface area contributed by atoms with Gasteiger partial charge < -0.3 is 5.73 Å². The van der Waals surface area contributed by atoms with Gasteiger partial charge in [-0.1, -0.05) is 0 Å². The van der Waals surface area contributed by atoms with Gasteiger partial charge in [0.1, 0.15) is 0 Å². The van der Waals surface area contributed by atoms with E-state index in [1.807, 2.05) is 13.0 Å². The smallest absolute Gasteiger partial charge is 0.0542 e. The second-order valence-electron chi connectivity index (χ2n) is 2.13. The third-order valence-corrected chi connectivity index (χ3v) is 2.14. The van der Waals surface area contributed by atoms with Crippen molar-refractivity contribution in [2.24, 2.45) is 5.73 Å². The number of hydrogen-bond donors (Lipinski definition) is 1. The number of halogens is 2. The second kappa shape index (κ2) is 4.70. The Kier molecular flexibility index (Phi) is 4.65. The lowest BCUT2D eigenvalue weighted by atomic mass is 10.2. The quantitative estimate of drug-likeness (QED) is 0.812. The Morgan fingerprint density at radius 1 is 1.64 bits per heavy atom. The zero-order valence-electron chi connectivity index (χ0n) is 6.17. The number of aromatic nitrogens is 1. The number of nitrogens with zero attached hydrogens (tertiary/aromatic N) is 1. The van der Waals surface area contributed by atoms with E-state index in [9.17, 15) is 0 Å². The molecule has 2 nitrogen and oxygen atoms in total. The highest BCUT2D eigenvalue weighted by molar-refractivity contribution is 9.10. The number of nitrogens with two attached hydrogens (primary N) is 1. The number of aryl methyl sites for hydroxylation is 1. The minimum absolute atomic E-state index is 0. The molecule has 0 saturated carbocycles. The molecule has 0 radical (unpaired) electrons. The first kappa shape index (κ1) is 10.9. The molecule has 1 heterocycles. The maximum absolute atomic E-state index is 5.39. The van der Waals surface area contributed by atoms with Gasteiger partial charge in [0.05, 0.1) is 5.69 Å². The highest BCUT2D eigenvalue weighted by atomic mass is 79.9. The maximum atomic E-state index is 5.39. The summed E-state index contributed by atoms with van der Waals surface area (Å²) in [4.78, 5) is 4.09. The molecule has 1 aromatic heterocycles. The van der Waals surface area contributed by atoms with Crippen LogP contribution in [0.4, 0.5) is 0 Å². The summed E-state index contributed by atoms with van der Waals surface area (Å²) < 4.78 is 1.03. The fourth-order valence-electron chi connectivity index (χ4n) is 0.709. The van der Waals surface area contributed by atoms with Crippen molar-refractivity contribution in [2.75, 3.05) is 0 Å². The van der Waals surface area contributed by atoms with E-state index in [-0.39, 0.29) is 12.4 Å². The fourth-order valence-corrected chi connectivity index (χ4v) is 0.926. The lowest BCUT2D eigenvalue weighted by Crippen LogP contribution is -1.99. The lowest BCUT2D eigenvalue weighted by molar-refractivity contribution is 0.980. The number of rotatable bonds is 1. The fraction of sp³-hybridized carbons (Fsp3) is 0.286. The molecule has 0 spiro atoms. The van der Waals surface area contributed by atoms with Crippen molar-refractivity contribution in [3.8, 4) is 0 Å². The summed E-state index contributed by atoms with van der Waals surface area (Å²) >= 11 is 3.36. The molecule has 0 bridgehead atoms. The van der Waals surface area contributed by atoms with E-state index >= 15 is 0 Å². The molecule has 0 aromatic carbocycles. The van der Waals surface area contributed by atoms with Crippen LogP contribution in [-0.4, -0.2) is 4.98 Å². The summed E-state index contributed by atoms with van der Waals surface area (Å²) in [6.45, 7) is 2.53. The Hall–Kier alpha value is -0.120. The number of hydrogen-bond acceptors (Lipinski definition) is 2. The second-order valence-corrected chi connectivity index (χ2v) is 2.98. The molecule has 2 N–H and O–H groups in total. The molecule has 0 aliphatic carbocycles. The summed E-state index contributed by atoms with van der Waals surface area (Å²) in [5.41, 5.74) is 7.50. The van der Waals surface area contributed by atoms with Crippen LogP contribution in [0.3, 0.4) is 0 Å². The summed E-state index contributed by atoms with van der Waals surface area (Å²) in [5.74, 6) is 0. The summed E-state index contributed by atoms with van der Waals surface area (Å²) in [6.07, 6.45) is 1.78. The summed E-state index contributed by atoms with van der Waals surface area (Å²) in [7, 11) is 0. The maximum Gasteiger partial charge on any atom is 0.0542 e. The standard InChI is InChI=1S/C7H9BrN2.ClH/c1-5-2-6(3-9)10-4-7(5)8;/h2,4H,3,9H2,1H3;1H. The average Bonchev–Trinajstić information content (AvgIpc) is 1.95. The van der Waals surface area contributed by atoms with Crippen LogP contribution in [0.5, 0.6) is 0 Å². The van der Waals surface area contributed by atoms with Gasteiger partial charge in [-0.15, -0.1) is 12.4 Å². The molecule has 62 valence electrons. The third kappa shape index (κ3) is 2.77. The molecule has 0 unspecified atom stereocenters. The van der Waals surface area contributed by atoms with Crippen LogP contribution >= 0.6 is 28.3 Å². The minimum Gasteiger partial charge on any atom is -0.325 e. The van der Waals surface area contributed by atoms with Gasteiger partial charge in [0.15, 0.2) is 0 Å². The third-order valence-electron chi connectivity index (χ3n) is 1.31. The Morgan fingerprint density at radius 3 is 2.73 bits per heavy atom. The van der Waals surface area contributed by atoms with E-state index < -0.39 is 0 Å². The van der Waals surface area contributed by atoms with Crippen LogP contribution < -0.4 is 5.73 Å². The first-order valence-electron chi connectivity index (χ1n) is 3.05. The summed E-state index contributed by atoms with van der Waals surface area (Å²) in [6, 6.07) is 1.98. The average molecular weight is 238 g/mol. The Morgan fingerprint density at radius 2 is 2.27 bits per heavy atom. The van der Waals surface area contributed by atoms with Gasteiger partial charge in [0.2, 0.25) is 0 Å². The van der Waals surface area contributed by atoms with Crippen molar-refractivity contribution in [3.05, 3.63) is 28.0 Å². The van der Waals surface area contributed by atoms with Crippen LogP contribution in [0.2, 0.25) is 0 Å². The molecule has 0 aliphatic rings. The number of pyridine rings is 1. The Bertz CT molecular complexity index is 240. The molecule has 0 saturated heterocycles. The molecule has 1 aromatic rings. The van der Waals surface area contributed by atoms with Crippen LogP contribution in [0.15, 0.2) is 16.7 Å². The van der Waals surface area contributed by atoms with Crippen molar-refractivity contribution in [3.63, 3.8) is 0 Å². The van der Waals surface area contributed by atoms with Gasteiger partial charge in [-0.2, -0.15) is 0 Å². The molecular weight excluding hydrogens is 227 g/mol. The normalized spacial score (nSPS) is 9.00. The van der Waals surface area contributed by atoms with Gasteiger partial charge in [-0.3, -0.25) is 4.98 Å². The molecule has 0 aliphatic heterocycles. The van der Waals surface area contributed by atoms with Crippen molar-refractivity contribution in [2.45, 2.75) is 13.5 Å². The molecule has 0 atom stereocenters. The van der Waals surface area contributed by atoms with Crippen LogP contribution in [-0.2, 0) is 6.54 Å². The topological polar surface area (TPSA) is 38.9 Å². The van der Waals surface area contributed by atoms with Gasteiger partial charge in [-0.25, -0.2) is 0 Å². The molecular formula is C7H10BrClN2. The molecule has 0 fully saturated rings. The zero-order chi connectivity index (χ0) is 7.56. The zero-order valence-corrected chi connectivity index (χ0v) is 8.58. The van der Waals surface area contributed by atoms with Crippen molar-refractivity contribution >= 4 is 28.3 Å². The van der Waals surface area contributed by atoms with Crippen molar-refractivity contribution < 1.29 is 0 Å². The lowest BCUT2D eigenvalue weighted by Gasteiger charge is -1.98. The Labute approximate surface area is 80.7 Å². The molecule has 11 heavy (non-hydrogen) atoms. The van der Waals surface area contributed by atoms with E-state index in [2.05, 4.69) is 20.9 Å². The van der Waals surface area contributed by atoms with E-state index in [4.69, 9.17) is 5.73 Å². The van der Waals surface area contributed by atoms with Gasteiger partial charge in [0.25, 0.3) is 0 Å². The van der Waals surface area contributed by atoms with Crippen molar-refractivity contribution in [1.29, 1.82) is 0 Å². The first-order chi connectivity index (χ1) is 4.74.